The summed E-state index contributed by atoms with van der Waals surface area (Å²) in [5.74, 6) is 0.827. The van der Waals surface area contributed by atoms with Gasteiger partial charge < -0.3 is 5.32 Å². The van der Waals surface area contributed by atoms with E-state index in [1.54, 1.807) is 6.07 Å². The number of nitrogens with one attached hydrogen (secondary N) is 1. The molecule has 1 nitrogen and oxygen atoms in total. The van der Waals surface area contributed by atoms with Crippen molar-refractivity contribution in [1.29, 1.82) is 0 Å². The van der Waals surface area contributed by atoms with Gasteiger partial charge in [-0.15, -0.1) is 0 Å². The molecular formula is C11H13Cl2N. The minimum absolute atomic E-state index is 0.518. The fourth-order valence-corrected chi connectivity index (χ4v) is 2.14. The van der Waals surface area contributed by atoms with Crippen molar-refractivity contribution < 1.29 is 0 Å². The average molecular weight is 230 g/mol. The number of halogens is 2. The zero-order valence-electron chi connectivity index (χ0n) is 8.06. The molecule has 0 aliphatic heterocycles. The lowest BCUT2D eigenvalue weighted by Gasteiger charge is -2.14. The van der Waals surface area contributed by atoms with Gasteiger partial charge in [0, 0.05) is 21.8 Å². The summed E-state index contributed by atoms with van der Waals surface area (Å²) in [6.45, 7) is 2.20. The Kier molecular flexibility index (Phi) is 2.89. The van der Waals surface area contributed by atoms with E-state index in [0.717, 1.165) is 11.6 Å². The molecule has 1 aromatic carbocycles. The highest BCUT2D eigenvalue weighted by Crippen LogP contribution is 2.34. The van der Waals surface area contributed by atoms with E-state index in [0.29, 0.717) is 16.1 Å². The highest BCUT2D eigenvalue weighted by Gasteiger charge is 2.27. The van der Waals surface area contributed by atoms with Gasteiger partial charge in [-0.2, -0.15) is 0 Å². The Morgan fingerprint density at radius 2 is 1.79 bits per heavy atom. The van der Waals surface area contributed by atoms with E-state index in [2.05, 4.69) is 12.2 Å². The van der Waals surface area contributed by atoms with E-state index in [-0.39, 0.29) is 0 Å². The summed E-state index contributed by atoms with van der Waals surface area (Å²) < 4.78 is 0. The molecule has 1 unspecified atom stereocenters. The van der Waals surface area contributed by atoms with Crippen LogP contribution in [-0.2, 0) is 0 Å². The molecule has 76 valence electrons. The van der Waals surface area contributed by atoms with Crippen LogP contribution in [0.3, 0.4) is 0 Å². The molecule has 0 spiro atoms. The molecule has 1 fully saturated rings. The first kappa shape index (κ1) is 10.1. The van der Waals surface area contributed by atoms with Gasteiger partial charge in [0.1, 0.15) is 0 Å². The molecule has 1 saturated carbocycles. The van der Waals surface area contributed by atoms with Crippen molar-refractivity contribution >= 4 is 28.9 Å². The standard InChI is InChI=1S/C11H13Cl2N/c1-7(8-2-3-8)14-11-5-9(12)4-10(13)6-11/h4-8,14H,2-3H2,1H3. The lowest BCUT2D eigenvalue weighted by atomic mass is 10.2. The van der Waals surface area contributed by atoms with Gasteiger partial charge in [0.05, 0.1) is 0 Å². The van der Waals surface area contributed by atoms with Crippen LogP contribution < -0.4 is 5.32 Å². The summed E-state index contributed by atoms with van der Waals surface area (Å²) in [4.78, 5) is 0. The maximum absolute atomic E-state index is 5.90. The second-order valence-corrected chi connectivity index (χ2v) is 4.80. The normalized spacial score (nSPS) is 17.9. The third-order valence-electron chi connectivity index (χ3n) is 2.59. The molecule has 1 aromatic rings. The summed E-state index contributed by atoms with van der Waals surface area (Å²) in [5, 5.41) is 4.78. The van der Waals surface area contributed by atoms with Gasteiger partial charge in [0.15, 0.2) is 0 Å². The molecule has 0 bridgehead atoms. The van der Waals surface area contributed by atoms with Crippen molar-refractivity contribution in [3.05, 3.63) is 28.2 Å². The van der Waals surface area contributed by atoms with E-state index < -0.39 is 0 Å². The maximum Gasteiger partial charge on any atom is 0.0441 e. The largest absolute Gasteiger partial charge is 0.382 e. The number of anilines is 1. The van der Waals surface area contributed by atoms with E-state index in [4.69, 9.17) is 23.2 Å². The molecule has 1 atom stereocenters. The van der Waals surface area contributed by atoms with Gasteiger partial charge in [-0.3, -0.25) is 0 Å². The SMILES string of the molecule is CC(Nc1cc(Cl)cc(Cl)c1)C1CC1. The molecule has 3 heteroatoms. The third-order valence-corrected chi connectivity index (χ3v) is 3.02. The monoisotopic (exact) mass is 229 g/mol. The molecule has 1 N–H and O–H groups in total. The van der Waals surface area contributed by atoms with Gasteiger partial charge in [-0.1, -0.05) is 23.2 Å². The van der Waals surface area contributed by atoms with Crippen LogP contribution in [0.2, 0.25) is 10.0 Å². The van der Waals surface area contributed by atoms with Gasteiger partial charge in [-0.25, -0.2) is 0 Å². The van der Waals surface area contributed by atoms with Crippen LogP contribution in [-0.4, -0.2) is 6.04 Å². The van der Waals surface area contributed by atoms with E-state index >= 15 is 0 Å². The summed E-state index contributed by atoms with van der Waals surface area (Å²) >= 11 is 11.8. The van der Waals surface area contributed by atoms with Crippen LogP contribution >= 0.6 is 23.2 Å². The van der Waals surface area contributed by atoms with E-state index in [1.165, 1.54) is 12.8 Å². The average Bonchev–Trinajstić information content (AvgIpc) is 2.82. The molecule has 0 radical (unpaired) electrons. The predicted octanol–water partition coefficient (Wildman–Crippen LogP) is 4.20. The first-order valence-electron chi connectivity index (χ1n) is 4.88. The minimum atomic E-state index is 0.518. The Labute approximate surface area is 94.4 Å². The van der Waals surface area contributed by atoms with Crippen LogP contribution in [0.25, 0.3) is 0 Å². The van der Waals surface area contributed by atoms with Crippen LogP contribution in [0.15, 0.2) is 18.2 Å². The van der Waals surface area contributed by atoms with Gasteiger partial charge >= 0.3 is 0 Å². The van der Waals surface area contributed by atoms with Crippen molar-refractivity contribution in [2.45, 2.75) is 25.8 Å². The lowest BCUT2D eigenvalue weighted by molar-refractivity contribution is 0.694. The quantitative estimate of drug-likeness (QED) is 0.820. The van der Waals surface area contributed by atoms with Crippen molar-refractivity contribution in [3.8, 4) is 0 Å². The number of benzene rings is 1. The van der Waals surface area contributed by atoms with Crippen molar-refractivity contribution in [3.63, 3.8) is 0 Å². The fraction of sp³-hybridized carbons (Fsp3) is 0.455. The Hall–Kier alpha value is -0.400. The maximum atomic E-state index is 5.90. The fourth-order valence-electron chi connectivity index (χ4n) is 1.61. The molecule has 2 rings (SSSR count). The Bertz CT molecular complexity index is 314. The first-order valence-corrected chi connectivity index (χ1v) is 5.63. The summed E-state index contributed by atoms with van der Waals surface area (Å²) in [6, 6.07) is 6.08. The van der Waals surface area contributed by atoms with Crippen molar-refractivity contribution in [1.82, 2.24) is 0 Å². The zero-order valence-corrected chi connectivity index (χ0v) is 9.57. The van der Waals surface area contributed by atoms with Crippen molar-refractivity contribution in [2.75, 3.05) is 5.32 Å². The second kappa shape index (κ2) is 4.00. The van der Waals surface area contributed by atoms with E-state index in [9.17, 15) is 0 Å². The molecule has 0 amide bonds. The summed E-state index contributed by atoms with van der Waals surface area (Å²) in [5.41, 5.74) is 1.02. The second-order valence-electron chi connectivity index (χ2n) is 3.93. The van der Waals surface area contributed by atoms with Crippen molar-refractivity contribution in [2.24, 2.45) is 5.92 Å². The highest BCUT2D eigenvalue weighted by atomic mass is 35.5. The van der Waals surface area contributed by atoms with Crippen LogP contribution in [0.5, 0.6) is 0 Å². The topological polar surface area (TPSA) is 12.0 Å². The molecule has 0 saturated heterocycles. The van der Waals surface area contributed by atoms with Crippen LogP contribution in [0.4, 0.5) is 5.69 Å². The number of hydrogen-bond donors (Lipinski definition) is 1. The van der Waals surface area contributed by atoms with E-state index in [1.807, 2.05) is 12.1 Å². The molecule has 0 heterocycles. The molecule has 1 aliphatic carbocycles. The lowest BCUT2D eigenvalue weighted by Crippen LogP contribution is -2.17. The summed E-state index contributed by atoms with van der Waals surface area (Å²) in [6.07, 6.45) is 2.67. The number of hydrogen-bond acceptors (Lipinski definition) is 1. The van der Waals surface area contributed by atoms with Crippen LogP contribution in [0.1, 0.15) is 19.8 Å². The molecular weight excluding hydrogens is 217 g/mol. The van der Waals surface area contributed by atoms with Crippen LogP contribution in [0, 0.1) is 5.92 Å². The number of rotatable bonds is 3. The Balaban J connectivity index is 2.07. The molecule has 1 aliphatic rings. The highest BCUT2D eigenvalue weighted by molar-refractivity contribution is 6.35. The molecule has 14 heavy (non-hydrogen) atoms. The zero-order chi connectivity index (χ0) is 10.1. The summed E-state index contributed by atoms with van der Waals surface area (Å²) in [7, 11) is 0. The molecule has 0 aromatic heterocycles. The first-order chi connectivity index (χ1) is 6.65. The minimum Gasteiger partial charge on any atom is -0.382 e. The predicted molar refractivity (Wildman–Crippen MR) is 62.3 cm³/mol. The van der Waals surface area contributed by atoms with Gasteiger partial charge in [0.25, 0.3) is 0 Å². The van der Waals surface area contributed by atoms with Gasteiger partial charge in [0.2, 0.25) is 0 Å². The Morgan fingerprint density at radius 3 is 2.29 bits per heavy atom. The smallest absolute Gasteiger partial charge is 0.0441 e. The Morgan fingerprint density at radius 1 is 1.21 bits per heavy atom. The van der Waals surface area contributed by atoms with Gasteiger partial charge in [-0.05, 0) is 43.9 Å². The third kappa shape index (κ3) is 2.55.